The lowest BCUT2D eigenvalue weighted by Gasteiger charge is -2.55. The van der Waals surface area contributed by atoms with Crippen molar-refractivity contribution in [1.82, 2.24) is 9.88 Å². The minimum atomic E-state index is -1.03. The average molecular weight is 479 g/mol. The molecule has 0 radical (unpaired) electrons. The molecule has 34 heavy (non-hydrogen) atoms. The number of carbonyl (C=O) groups is 1. The number of rotatable bonds is 11. The van der Waals surface area contributed by atoms with Crippen molar-refractivity contribution < 1.29 is 28.5 Å². The van der Waals surface area contributed by atoms with Crippen LogP contribution in [0.25, 0.3) is 0 Å². The first kappa shape index (κ1) is 26.9. The highest BCUT2D eigenvalue weighted by Crippen LogP contribution is 2.41. The minimum Gasteiger partial charge on any atom is -0.490 e. The smallest absolute Gasteiger partial charge is 0.259 e. The maximum Gasteiger partial charge on any atom is 0.259 e. The van der Waals surface area contributed by atoms with E-state index in [9.17, 15) is 4.79 Å². The number of hydrogen-bond donors (Lipinski definition) is 0. The zero-order valence-electron chi connectivity index (χ0n) is 22.1. The van der Waals surface area contributed by atoms with Crippen LogP contribution >= 0.6 is 0 Å². The summed E-state index contributed by atoms with van der Waals surface area (Å²) in [5.41, 5.74) is -0.799. The first-order chi connectivity index (χ1) is 15.9. The molecule has 3 heterocycles. The summed E-state index contributed by atoms with van der Waals surface area (Å²) in [4.78, 5) is 19.6. The van der Waals surface area contributed by atoms with E-state index in [-0.39, 0.29) is 42.8 Å². The van der Waals surface area contributed by atoms with E-state index in [1.807, 2.05) is 12.1 Å². The standard InChI is InChI=1S/C26H42N2O6/c1-18(2)11-22-26(32-17-31-8,23(29)28(22)16-30-7)13-19-12-20(9-10-27-19)33-21-14-24(3,4)34-25(5,6)15-21/h9-10,12,18,21-22H,11,13-17H2,1-8H3/t22-,26+/m0/s1. The molecule has 2 aliphatic heterocycles. The SMILES string of the molecule is COCO[C@@]1(Cc2cc(OC3CC(C)(C)OC(C)(C)C3)ccn2)C(=O)N(COC)[C@H]1CC(C)C. The number of methoxy groups -OCH3 is 2. The van der Waals surface area contributed by atoms with E-state index in [0.29, 0.717) is 12.3 Å². The monoisotopic (exact) mass is 478 g/mol. The van der Waals surface area contributed by atoms with Gasteiger partial charge in [0.25, 0.3) is 5.91 Å². The predicted molar refractivity (Wildman–Crippen MR) is 128 cm³/mol. The van der Waals surface area contributed by atoms with Crippen LogP contribution < -0.4 is 4.74 Å². The molecule has 8 nitrogen and oxygen atoms in total. The molecule has 2 fully saturated rings. The summed E-state index contributed by atoms with van der Waals surface area (Å²) in [6.45, 7) is 12.9. The Morgan fingerprint density at radius 3 is 2.41 bits per heavy atom. The third-order valence-corrected chi connectivity index (χ3v) is 6.46. The van der Waals surface area contributed by atoms with Gasteiger partial charge in [-0.25, -0.2) is 0 Å². The summed E-state index contributed by atoms with van der Waals surface area (Å²) < 4.78 is 29.2. The van der Waals surface area contributed by atoms with Gasteiger partial charge < -0.3 is 28.6 Å². The molecule has 1 aromatic heterocycles. The van der Waals surface area contributed by atoms with Gasteiger partial charge in [-0.1, -0.05) is 13.8 Å². The van der Waals surface area contributed by atoms with Gasteiger partial charge in [-0.3, -0.25) is 9.78 Å². The summed E-state index contributed by atoms with van der Waals surface area (Å²) >= 11 is 0. The topological polar surface area (TPSA) is 79.3 Å². The fourth-order valence-corrected chi connectivity index (χ4v) is 5.50. The van der Waals surface area contributed by atoms with Crippen molar-refractivity contribution in [2.75, 3.05) is 27.7 Å². The number of hydrogen-bond acceptors (Lipinski definition) is 7. The van der Waals surface area contributed by atoms with Gasteiger partial charge >= 0.3 is 0 Å². The minimum absolute atomic E-state index is 0.0313. The van der Waals surface area contributed by atoms with Gasteiger partial charge in [0.2, 0.25) is 0 Å². The molecule has 0 saturated carbocycles. The van der Waals surface area contributed by atoms with Crippen molar-refractivity contribution in [1.29, 1.82) is 0 Å². The molecule has 2 saturated heterocycles. The Bertz CT molecular complexity index is 826. The van der Waals surface area contributed by atoms with Gasteiger partial charge in [0.1, 0.15) is 25.4 Å². The predicted octanol–water partition coefficient (Wildman–Crippen LogP) is 3.96. The maximum absolute atomic E-state index is 13.3. The fourth-order valence-electron chi connectivity index (χ4n) is 5.50. The first-order valence-electron chi connectivity index (χ1n) is 12.2. The van der Waals surface area contributed by atoms with Crippen LogP contribution in [0.15, 0.2) is 18.3 Å². The van der Waals surface area contributed by atoms with E-state index in [1.54, 1.807) is 25.3 Å². The molecule has 192 valence electrons. The van der Waals surface area contributed by atoms with Gasteiger partial charge in [-0.15, -0.1) is 0 Å². The Hall–Kier alpha value is -1.74. The molecule has 0 aromatic carbocycles. The van der Waals surface area contributed by atoms with Crippen LogP contribution in [0.5, 0.6) is 5.75 Å². The molecule has 3 rings (SSSR count). The number of β-lactam (4-membered cyclic amide) rings is 1. The number of likely N-dealkylation sites (tertiary alicyclic amines) is 1. The lowest BCUT2D eigenvalue weighted by molar-refractivity contribution is -0.235. The lowest BCUT2D eigenvalue weighted by Crippen LogP contribution is -2.76. The molecule has 1 amide bonds. The normalized spacial score (nSPS) is 26.6. The van der Waals surface area contributed by atoms with Crippen LogP contribution in [0.4, 0.5) is 0 Å². The summed E-state index contributed by atoms with van der Waals surface area (Å²) in [5.74, 6) is 1.02. The van der Waals surface area contributed by atoms with E-state index in [2.05, 4.69) is 46.5 Å². The van der Waals surface area contributed by atoms with Crippen molar-refractivity contribution in [2.45, 2.75) is 96.2 Å². The number of amides is 1. The molecular weight excluding hydrogens is 436 g/mol. The number of carbonyl (C=O) groups excluding carboxylic acids is 1. The highest BCUT2D eigenvalue weighted by Gasteiger charge is 2.62. The highest BCUT2D eigenvalue weighted by molar-refractivity contribution is 5.93. The number of aromatic nitrogens is 1. The van der Waals surface area contributed by atoms with Crippen molar-refractivity contribution in [3.63, 3.8) is 0 Å². The summed E-state index contributed by atoms with van der Waals surface area (Å²) in [7, 11) is 3.15. The molecule has 1 aromatic rings. The van der Waals surface area contributed by atoms with Gasteiger partial charge in [-0.2, -0.15) is 0 Å². The van der Waals surface area contributed by atoms with Crippen LogP contribution in [0, 0.1) is 5.92 Å². The average Bonchev–Trinajstić information content (AvgIpc) is 2.71. The molecule has 0 aliphatic carbocycles. The van der Waals surface area contributed by atoms with Crippen molar-refractivity contribution in [3.05, 3.63) is 24.0 Å². The zero-order valence-corrected chi connectivity index (χ0v) is 22.1. The quantitative estimate of drug-likeness (QED) is 0.352. The van der Waals surface area contributed by atoms with Crippen LogP contribution in [-0.2, 0) is 30.2 Å². The molecular formula is C26H42N2O6. The Morgan fingerprint density at radius 1 is 1.15 bits per heavy atom. The fraction of sp³-hybridized carbons (Fsp3) is 0.769. The molecule has 0 N–H and O–H groups in total. The Balaban J connectivity index is 1.81. The second kappa shape index (κ2) is 10.5. The number of nitrogens with zero attached hydrogens (tertiary/aromatic N) is 2. The summed E-state index contributed by atoms with van der Waals surface area (Å²) in [6.07, 6.45) is 4.50. The second-order valence-corrected chi connectivity index (χ2v) is 11.2. The Kier molecular flexibility index (Phi) is 8.28. The summed E-state index contributed by atoms with van der Waals surface area (Å²) in [5, 5.41) is 0. The third kappa shape index (κ3) is 6.08. The van der Waals surface area contributed by atoms with E-state index >= 15 is 0 Å². The zero-order chi connectivity index (χ0) is 25.1. The Morgan fingerprint density at radius 2 is 1.82 bits per heavy atom. The largest absolute Gasteiger partial charge is 0.490 e. The van der Waals surface area contributed by atoms with Gasteiger partial charge in [-0.05, 0) is 46.1 Å². The van der Waals surface area contributed by atoms with E-state index < -0.39 is 5.60 Å². The first-order valence-corrected chi connectivity index (χ1v) is 12.2. The van der Waals surface area contributed by atoms with E-state index in [1.165, 1.54) is 0 Å². The van der Waals surface area contributed by atoms with Crippen molar-refractivity contribution in [2.24, 2.45) is 5.92 Å². The molecule has 2 aliphatic rings. The van der Waals surface area contributed by atoms with Crippen LogP contribution in [0.1, 0.15) is 66.5 Å². The van der Waals surface area contributed by atoms with Crippen LogP contribution in [0.2, 0.25) is 0 Å². The number of pyridine rings is 1. The lowest BCUT2D eigenvalue weighted by atomic mass is 9.75. The third-order valence-electron chi connectivity index (χ3n) is 6.46. The van der Waals surface area contributed by atoms with Crippen LogP contribution in [-0.4, -0.2) is 72.5 Å². The van der Waals surface area contributed by atoms with Crippen molar-refractivity contribution in [3.8, 4) is 5.75 Å². The van der Waals surface area contributed by atoms with Crippen molar-refractivity contribution >= 4 is 5.91 Å². The molecule has 2 atom stereocenters. The number of ether oxygens (including phenoxy) is 5. The molecule has 0 spiro atoms. The molecule has 0 unspecified atom stereocenters. The summed E-state index contributed by atoms with van der Waals surface area (Å²) in [6, 6.07) is 3.66. The molecule has 0 bridgehead atoms. The van der Waals surface area contributed by atoms with E-state index in [4.69, 9.17) is 23.7 Å². The van der Waals surface area contributed by atoms with Gasteiger partial charge in [0.15, 0.2) is 5.60 Å². The van der Waals surface area contributed by atoms with Crippen LogP contribution in [0.3, 0.4) is 0 Å². The highest BCUT2D eigenvalue weighted by atomic mass is 16.7. The maximum atomic E-state index is 13.3. The van der Waals surface area contributed by atoms with Gasteiger partial charge in [0, 0.05) is 51.4 Å². The second-order valence-electron chi connectivity index (χ2n) is 11.2. The Labute approximate surface area is 204 Å². The van der Waals surface area contributed by atoms with E-state index in [0.717, 1.165) is 30.7 Å². The molecule has 8 heteroatoms. The van der Waals surface area contributed by atoms with Gasteiger partial charge in [0.05, 0.1) is 17.2 Å².